The fourth-order valence-electron chi connectivity index (χ4n) is 4.19. The lowest BCUT2D eigenvalue weighted by molar-refractivity contribution is -0.138. The summed E-state index contributed by atoms with van der Waals surface area (Å²) in [6.07, 6.45) is 0.576. The maximum atomic E-state index is 13.2. The molecule has 1 atom stereocenters. The minimum atomic E-state index is -0.574. The van der Waals surface area contributed by atoms with Crippen molar-refractivity contribution in [2.75, 3.05) is 17.2 Å². The van der Waals surface area contributed by atoms with Crippen LogP contribution in [0.3, 0.4) is 0 Å². The van der Waals surface area contributed by atoms with Gasteiger partial charge in [-0.2, -0.15) is 0 Å². The molecule has 0 fully saturated rings. The molecule has 1 unspecified atom stereocenters. The summed E-state index contributed by atoms with van der Waals surface area (Å²) in [6.45, 7) is 7.00. The van der Waals surface area contributed by atoms with Crippen LogP contribution in [0.4, 0.5) is 20.6 Å². The van der Waals surface area contributed by atoms with Gasteiger partial charge in [0.1, 0.15) is 11.6 Å². The van der Waals surface area contributed by atoms with E-state index in [0.717, 1.165) is 11.1 Å². The summed E-state index contributed by atoms with van der Waals surface area (Å²) in [6, 6.07) is 19.1. The van der Waals surface area contributed by atoms with E-state index in [1.165, 1.54) is 17.7 Å². The van der Waals surface area contributed by atoms with Gasteiger partial charge in [-0.05, 0) is 72.4 Å². The van der Waals surface area contributed by atoms with Crippen molar-refractivity contribution in [3.8, 4) is 5.75 Å². The maximum absolute atomic E-state index is 13.2. The zero-order chi connectivity index (χ0) is 25.7. The number of amides is 3. The number of ether oxygens (including phenoxy) is 1. The lowest BCUT2D eigenvalue weighted by atomic mass is 10.0. The van der Waals surface area contributed by atoms with Crippen molar-refractivity contribution in [1.82, 2.24) is 4.90 Å². The highest BCUT2D eigenvalue weighted by atomic mass is 19.1. The molecule has 3 amide bonds. The third-order valence-corrected chi connectivity index (χ3v) is 6.33. The van der Waals surface area contributed by atoms with Gasteiger partial charge in [-0.15, -0.1) is 0 Å². The van der Waals surface area contributed by atoms with Crippen LogP contribution in [-0.2, 0) is 17.8 Å². The molecule has 6 nitrogen and oxygen atoms in total. The standard InChI is InChI=1S/C29H32FN3O3/c1-4-26-28(34)33(16-15-20-5-9-23(30)10-6-20)18-22-17-25(13-14-27(22)36-26)32-29(35)31-24-11-7-21(8-12-24)19(2)3/h5-14,17,19,26H,4,15-16,18H2,1-3H3,(H2,31,32,35). The van der Waals surface area contributed by atoms with Crippen molar-refractivity contribution in [1.29, 1.82) is 0 Å². The van der Waals surface area contributed by atoms with E-state index in [1.807, 2.05) is 37.3 Å². The molecule has 3 aromatic carbocycles. The molecular weight excluding hydrogens is 457 g/mol. The fraction of sp³-hybridized carbons (Fsp3) is 0.310. The molecule has 0 aromatic heterocycles. The second-order valence-electron chi connectivity index (χ2n) is 9.33. The average Bonchev–Trinajstić information content (AvgIpc) is 2.99. The average molecular weight is 490 g/mol. The Hall–Kier alpha value is -3.87. The Bertz CT molecular complexity index is 1210. The molecule has 0 radical (unpaired) electrons. The molecule has 1 heterocycles. The molecule has 0 aliphatic carbocycles. The van der Waals surface area contributed by atoms with E-state index in [1.54, 1.807) is 29.2 Å². The first-order chi connectivity index (χ1) is 17.3. The van der Waals surface area contributed by atoms with Crippen molar-refractivity contribution in [3.63, 3.8) is 0 Å². The van der Waals surface area contributed by atoms with Gasteiger partial charge in [-0.25, -0.2) is 9.18 Å². The Morgan fingerprint density at radius 2 is 1.69 bits per heavy atom. The van der Waals surface area contributed by atoms with Crippen LogP contribution in [0.1, 0.15) is 49.8 Å². The van der Waals surface area contributed by atoms with Gasteiger partial charge in [0.2, 0.25) is 0 Å². The van der Waals surface area contributed by atoms with E-state index >= 15 is 0 Å². The topological polar surface area (TPSA) is 70.7 Å². The second-order valence-corrected chi connectivity index (χ2v) is 9.33. The summed E-state index contributed by atoms with van der Waals surface area (Å²) in [5.41, 5.74) is 4.29. The molecule has 2 N–H and O–H groups in total. The minimum Gasteiger partial charge on any atom is -0.480 e. The van der Waals surface area contributed by atoms with Crippen molar-refractivity contribution >= 4 is 23.3 Å². The zero-order valence-electron chi connectivity index (χ0n) is 20.9. The molecule has 0 spiro atoms. The van der Waals surface area contributed by atoms with Crippen LogP contribution in [0.15, 0.2) is 66.7 Å². The second kappa shape index (κ2) is 11.2. The molecule has 4 rings (SSSR count). The van der Waals surface area contributed by atoms with E-state index in [9.17, 15) is 14.0 Å². The van der Waals surface area contributed by atoms with Crippen LogP contribution < -0.4 is 15.4 Å². The van der Waals surface area contributed by atoms with Gasteiger partial charge < -0.3 is 20.3 Å². The number of nitrogens with zero attached hydrogens (tertiary/aromatic N) is 1. The number of rotatable bonds is 7. The van der Waals surface area contributed by atoms with Gasteiger partial charge in [0.15, 0.2) is 6.10 Å². The predicted octanol–water partition coefficient (Wildman–Crippen LogP) is 6.34. The number of benzene rings is 3. The highest BCUT2D eigenvalue weighted by Crippen LogP contribution is 2.30. The molecule has 1 aliphatic heterocycles. The van der Waals surface area contributed by atoms with E-state index in [-0.39, 0.29) is 17.8 Å². The molecule has 1 aliphatic rings. The third kappa shape index (κ3) is 6.22. The first-order valence-electron chi connectivity index (χ1n) is 12.3. The maximum Gasteiger partial charge on any atom is 0.323 e. The summed E-state index contributed by atoms with van der Waals surface area (Å²) in [7, 11) is 0. The van der Waals surface area contributed by atoms with E-state index < -0.39 is 6.10 Å². The molecule has 0 saturated carbocycles. The number of anilines is 2. The Labute approximate surface area is 211 Å². The van der Waals surface area contributed by atoms with E-state index in [0.29, 0.717) is 49.0 Å². The van der Waals surface area contributed by atoms with Crippen LogP contribution in [0.2, 0.25) is 0 Å². The normalized spacial score (nSPS) is 15.2. The van der Waals surface area contributed by atoms with Crippen molar-refractivity contribution in [3.05, 3.63) is 89.2 Å². The van der Waals surface area contributed by atoms with Crippen molar-refractivity contribution in [2.45, 2.75) is 52.2 Å². The molecule has 0 bridgehead atoms. The summed E-state index contributed by atoms with van der Waals surface area (Å²) in [5, 5.41) is 5.72. The third-order valence-electron chi connectivity index (χ3n) is 6.33. The summed E-state index contributed by atoms with van der Waals surface area (Å²) in [5.74, 6) is 0.696. The van der Waals surface area contributed by atoms with Crippen LogP contribution in [-0.4, -0.2) is 29.5 Å². The van der Waals surface area contributed by atoms with Crippen LogP contribution in [0.25, 0.3) is 0 Å². The summed E-state index contributed by atoms with van der Waals surface area (Å²) >= 11 is 0. The van der Waals surface area contributed by atoms with Gasteiger partial charge >= 0.3 is 6.03 Å². The van der Waals surface area contributed by atoms with Gasteiger partial charge in [-0.3, -0.25) is 4.79 Å². The highest BCUT2D eigenvalue weighted by Gasteiger charge is 2.29. The first-order valence-corrected chi connectivity index (χ1v) is 12.3. The molecule has 3 aromatic rings. The van der Waals surface area contributed by atoms with Gasteiger partial charge in [0.05, 0.1) is 0 Å². The Morgan fingerprint density at radius 1 is 1.03 bits per heavy atom. The number of urea groups is 1. The minimum absolute atomic E-state index is 0.0760. The predicted molar refractivity (Wildman–Crippen MR) is 140 cm³/mol. The van der Waals surface area contributed by atoms with Gasteiger partial charge in [0, 0.05) is 30.0 Å². The highest BCUT2D eigenvalue weighted by molar-refractivity contribution is 5.99. The number of hydrogen-bond acceptors (Lipinski definition) is 3. The Morgan fingerprint density at radius 3 is 2.36 bits per heavy atom. The number of carbonyl (C=O) groups excluding carboxylic acids is 2. The molecule has 188 valence electrons. The Kier molecular flexibility index (Phi) is 7.88. The summed E-state index contributed by atoms with van der Waals surface area (Å²) < 4.78 is 19.3. The first kappa shape index (κ1) is 25.2. The van der Waals surface area contributed by atoms with E-state index in [2.05, 4.69) is 24.5 Å². The monoisotopic (exact) mass is 489 g/mol. The number of fused-ring (bicyclic) bond motifs is 1. The van der Waals surface area contributed by atoms with Gasteiger partial charge in [0.25, 0.3) is 5.91 Å². The lowest BCUT2D eigenvalue weighted by Gasteiger charge is -2.23. The van der Waals surface area contributed by atoms with Crippen LogP contribution in [0.5, 0.6) is 5.75 Å². The van der Waals surface area contributed by atoms with Gasteiger partial charge in [-0.1, -0.05) is 45.0 Å². The van der Waals surface area contributed by atoms with E-state index in [4.69, 9.17) is 4.74 Å². The van der Waals surface area contributed by atoms with Crippen LogP contribution >= 0.6 is 0 Å². The number of hydrogen-bond donors (Lipinski definition) is 2. The summed E-state index contributed by atoms with van der Waals surface area (Å²) in [4.78, 5) is 27.5. The molecule has 7 heteroatoms. The molecule has 36 heavy (non-hydrogen) atoms. The number of halogens is 1. The quantitative estimate of drug-likeness (QED) is 0.407. The van der Waals surface area contributed by atoms with Crippen LogP contribution in [0, 0.1) is 5.82 Å². The lowest BCUT2D eigenvalue weighted by Crippen LogP contribution is -2.40. The SMILES string of the molecule is CCC1Oc2ccc(NC(=O)Nc3ccc(C(C)C)cc3)cc2CN(CCc2ccc(F)cc2)C1=O. The van der Waals surface area contributed by atoms with Crippen molar-refractivity contribution < 1.29 is 18.7 Å². The molecule has 0 saturated heterocycles. The smallest absolute Gasteiger partial charge is 0.323 e. The largest absolute Gasteiger partial charge is 0.480 e. The fourth-order valence-corrected chi connectivity index (χ4v) is 4.19. The van der Waals surface area contributed by atoms with Crippen molar-refractivity contribution in [2.24, 2.45) is 0 Å². The Balaban J connectivity index is 1.45. The zero-order valence-corrected chi connectivity index (χ0v) is 20.9. The number of nitrogens with one attached hydrogen (secondary N) is 2. The molecular formula is C29H32FN3O3. The number of carbonyl (C=O) groups is 2.